The molecule has 1 fully saturated rings. The number of aromatic hydroxyl groups is 1. The zero-order valence-electron chi connectivity index (χ0n) is 60.0. The maximum atomic E-state index is 13.4. The molecular weight excluding hydrogens is 1260 g/mol. The van der Waals surface area contributed by atoms with E-state index in [0.717, 1.165) is 80.3 Å². The molecule has 1 aliphatic rings. The number of nitrogens with one attached hydrogen (secondary N) is 4. The summed E-state index contributed by atoms with van der Waals surface area (Å²) in [5.74, 6) is 0.646. The zero-order chi connectivity index (χ0) is 72.2. The van der Waals surface area contributed by atoms with Gasteiger partial charge in [-0.15, -0.1) is 0 Å². The highest BCUT2D eigenvalue weighted by Crippen LogP contribution is 2.30. The average molecular weight is 1360 g/mol. The molecular formula is C82H98N8O10. The lowest BCUT2D eigenvalue weighted by atomic mass is 9.86. The molecule has 8 aromatic rings. The molecule has 1 aliphatic carbocycles. The monoisotopic (exact) mass is 1350 g/mol. The Morgan fingerprint density at radius 1 is 0.450 bits per heavy atom. The Labute approximate surface area is 589 Å². The van der Waals surface area contributed by atoms with Gasteiger partial charge in [-0.1, -0.05) is 171 Å². The van der Waals surface area contributed by atoms with Gasteiger partial charge in [-0.25, -0.2) is 19.9 Å². The maximum absolute atomic E-state index is 13.4. The van der Waals surface area contributed by atoms with E-state index in [9.17, 15) is 33.9 Å². The molecule has 4 amide bonds. The molecule has 5 N–H and O–H groups in total. The van der Waals surface area contributed by atoms with E-state index >= 15 is 0 Å². The summed E-state index contributed by atoms with van der Waals surface area (Å²) < 4.78 is 16.7. The van der Waals surface area contributed by atoms with Crippen LogP contribution in [-0.4, -0.2) is 104 Å². The second-order valence-electron chi connectivity index (χ2n) is 29.6. The smallest absolute Gasteiger partial charge is 0.308 e. The second-order valence-corrected chi connectivity index (χ2v) is 29.6. The number of esters is 2. The highest BCUT2D eigenvalue weighted by molar-refractivity contribution is 5.98. The Morgan fingerprint density at radius 3 is 1.17 bits per heavy atom. The molecule has 2 atom stereocenters. The van der Waals surface area contributed by atoms with Crippen LogP contribution in [0.3, 0.4) is 0 Å². The number of carbonyl (C=O) groups is 6. The molecule has 0 spiro atoms. The van der Waals surface area contributed by atoms with Crippen molar-refractivity contribution in [3.05, 3.63) is 204 Å². The van der Waals surface area contributed by atoms with Gasteiger partial charge in [0.15, 0.2) is 11.6 Å². The molecule has 2 heterocycles. The van der Waals surface area contributed by atoms with Crippen LogP contribution in [0.2, 0.25) is 0 Å². The fourth-order valence-electron chi connectivity index (χ4n) is 11.3. The minimum Gasteiger partial charge on any atom is -0.508 e. The quantitative estimate of drug-likeness (QED) is 0.0353. The third-order valence-electron chi connectivity index (χ3n) is 16.9. The Hall–Kier alpha value is -10.1. The molecule has 0 radical (unpaired) electrons. The fraction of sp³-hybridized carbons (Fsp3) is 0.390. The molecule has 2 aromatic heterocycles. The van der Waals surface area contributed by atoms with Crippen LogP contribution in [0.4, 0.5) is 0 Å². The number of amides is 4. The second kappa shape index (κ2) is 34.6. The van der Waals surface area contributed by atoms with Gasteiger partial charge in [0.05, 0.1) is 19.4 Å². The van der Waals surface area contributed by atoms with Crippen molar-refractivity contribution in [2.75, 3.05) is 19.7 Å². The van der Waals surface area contributed by atoms with E-state index in [2.05, 4.69) is 82.7 Å². The minimum absolute atomic E-state index is 0.0121. The molecule has 0 aliphatic heterocycles. The standard InChI is InChI=1S/C45H56N4O5.C37H42N4O5/c1-44(2,3)37-20-16-35(17-21-37)42(51)49-39(43(52)46-26-24-40(50)54-45(4,5)6)28-32-12-14-34(15-13-32)41-47-29-36(30-48-41)33-18-22-38(23-19-33)53-27-25-31-10-8-7-9-11-31;1-36(2,3)29-15-11-27(12-16-29)34(44)41-31(35(45)38-20-19-32(43)46-37(4,5)6)21-24-7-9-26(10-8-24)33-39-22-28(23-40-33)25-13-17-30(42)18-14-25/h12-23,29-31,39H,7-11,24-28H2,1-6H3,(H,46,52)(H,49,51);7-18,22-23,31,42H,19-21H2,1-6H3,(H,38,45)(H,41,44)/t39-;31-/m00/s1. The summed E-state index contributed by atoms with van der Waals surface area (Å²) in [5, 5.41) is 20.9. The van der Waals surface area contributed by atoms with Gasteiger partial charge in [0, 0.05) is 84.1 Å². The average Bonchev–Trinajstić information content (AvgIpc) is 0.684. The van der Waals surface area contributed by atoms with Gasteiger partial charge in [0.2, 0.25) is 11.8 Å². The molecule has 0 unspecified atom stereocenters. The van der Waals surface area contributed by atoms with Gasteiger partial charge in [0.1, 0.15) is 34.8 Å². The molecule has 0 saturated heterocycles. The van der Waals surface area contributed by atoms with Crippen LogP contribution in [0.1, 0.15) is 177 Å². The minimum atomic E-state index is -0.889. The van der Waals surface area contributed by atoms with Crippen LogP contribution in [0.15, 0.2) is 170 Å². The Bertz CT molecular complexity index is 3980. The van der Waals surface area contributed by atoms with Crippen molar-refractivity contribution in [2.45, 2.75) is 181 Å². The van der Waals surface area contributed by atoms with Crippen LogP contribution in [-0.2, 0) is 52.3 Å². The first kappa shape index (κ1) is 75.7. The number of aromatic nitrogens is 4. The predicted octanol–water partition coefficient (Wildman–Crippen LogP) is 14.6. The first-order valence-electron chi connectivity index (χ1n) is 34.6. The third-order valence-corrected chi connectivity index (χ3v) is 16.9. The molecule has 9 rings (SSSR count). The first-order valence-corrected chi connectivity index (χ1v) is 34.6. The number of phenols is 1. The molecule has 18 nitrogen and oxygen atoms in total. The highest BCUT2D eigenvalue weighted by atomic mass is 16.6. The normalized spacial score (nSPS) is 13.3. The lowest BCUT2D eigenvalue weighted by Crippen LogP contribution is -2.48. The summed E-state index contributed by atoms with van der Waals surface area (Å²) in [6, 6.07) is 43.0. The number of phenolic OH excluding ortho intramolecular Hbond substituents is 1. The van der Waals surface area contributed by atoms with Crippen LogP contribution in [0.25, 0.3) is 45.0 Å². The van der Waals surface area contributed by atoms with E-state index < -0.39 is 41.1 Å². The Morgan fingerprint density at radius 2 is 0.810 bits per heavy atom. The van der Waals surface area contributed by atoms with Crippen LogP contribution < -0.4 is 26.0 Å². The largest absolute Gasteiger partial charge is 0.508 e. The Kier molecular flexibility index (Phi) is 26.2. The summed E-state index contributed by atoms with van der Waals surface area (Å²) in [5.41, 5.74) is 8.68. The Balaban J connectivity index is 0.000000258. The van der Waals surface area contributed by atoms with Crippen molar-refractivity contribution in [3.63, 3.8) is 0 Å². The molecule has 100 heavy (non-hydrogen) atoms. The molecule has 526 valence electrons. The van der Waals surface area contributed by atoms with E-state index in [0.29, 0.717) is 22.8 Å². The number of rotatable bonds is 24. The molecule has 18 heteroatoms. The lowest BCUT2D eigenvalue weighted by Gasteiger charge is -2.21. The van der Waals surface area contributed by atoms with E-state index in [1.807, 2.05) is 109 Å². The van der Waals surface area contributed by atoms with Crippen molar-refractivity contribution in [1.82, 2.24) is 41.2 Å². The SMILES string of the molecule is CC(C)(C)OC(=O)CCNC(=O)[C@H](Cc1ccc(-c2ncc(-c3ccc(O)cc3)cn2)cc1)NC(=O)c1ccc(C(C)(C)C)cc1.CC(C)(C)OC(=O)CCNC(=O)[C@H](Cc1ccc(-c2ncc(-c3ccc(OCCC4CCCCC4)cc3)cn2)cc1)NC(=O)c1ccc(C(C)(C)C)cc1. The third kappa shape index (κ3) is 24.1. The predicted molar refractivity (Wildman–Crippen MR) is 391 cm³/mol. The van der Waals surface area contributed by atoms with E-state index in [4.69, 9.17) is 14.2 Å². The van der Waals surface area contributed by atoms with Gasteiger partial charge >= 0.3 is 11.9 Å². The molecule has 1 saturated carbocycles. The number of benzene rings is 6. The molecule has 6 aromatic carbocycles. The van der Waals surface area contributed by atoms with Gasteiger partial charge < -0.3 is 40.6 Å². The van der Waals surface area contributed by atoms with Gasteiger partial charge in [0.25, 0.3) is 11.8 Å². The van der Waals surface area contributed by atoms with Crippen LogP contribution in [0.5, 0.6) is 11.5 Å². The van der Waals surface area contributed by atoms with E-state index in [-0.39, 0.29) is 73.1 Å². The maximum Gasteiger partial charge on any atom is 0.308 e. The van der Waals surface area contributed by atoms with Crippen molar-refractivity contribution < 1.29 is 48.1 Å². The number of nitrogens with zero attached hydrogens (tertiary/aromatic N) is 4. The first-order chi connectivity index (χ1) is 47.4. The van der Waals surface area contributed by atoms with E-state index in [1.54, 1.807) is 102 Å². The topological polar surface area (TPSA) is 250 Å². The van der Waals surface area contributed by atoms with Crippen LogP contribution in [0, 0.1) is 5.92 Å². The fourth-order valence-corrected chi connectivity index (χ4v) is 11.3. The van der Waals surface area contributed by atoms with Crippen LogP contribution >= 0.6 is 0 Å². The van der Waals surface area contributed by atoms with Gasteiger partial charge in [-0.05, 0) is 147 Å². The van der Waals surface area contributed by atoms with Crippen molar-refractivity contribution in [1.29, 1.82) is 0 Å². The van der Waals surface area contributed by atoms with Crippen molar-refractivity contribution in [2.24, 2.45) is 5.92 Å². The van der Waals surface area contributed by atoms with E-state index in [1.165, 1.54) is 32.1 Å². The highest BCUT2D eigenvalue weighted by Gasteiger charge is 2.27. The number of ether oxygens (including phenoxy) is 3. The van der Waals surface area contributed by atoms with Crippen molar-refractivity contribution in [3.8, 4) is 56.5 Å². The summed E-state index contributed by atoms with van der Waals surface area (Å²) in [6.07, 6.45) is 15.4. The lowest BCUT2D eigenvalue weighted by molar-refractivity contribution is -0.155. The zero-order valence-corrected chi connectivity index (χ0v) is 60.0. The van der Waals surface area contributed by atoms with Gasteiger partial charge in [-0.2, -0.15) is 0 Å². The summed E-state index contributed by atoms with van der Waals surface area (Å²) in [6.45, 7) is 24.3. The summed E-state index contributed by atoms with van der Waals surface area (Å²) >= 11 is 0. The number of hydrogen-bond donors (Lipinski definition) is 5. The number of carbonyl (C=O) groups excluding carboxylic acids is 6. The number of hydrogen-bond acceptors (Lipinski definition) is 14. The van der Waals surface area contributed by atoms with Crippen molar-refractivity contribution >= 4 is 35.6 Å². The summed E-state index contributed by atoms with van der Waals surface area (Å²) in [7, 11) is 0. The molecule has 0 bridgehead atoms. The van der Waals surface area contributed by atoms with Gasteiger partial charge in [-0.3, -0.25) is 28.8 Å². The summed E-state index contributed by atoms with van der Waals surface area (Å²) in [4.78, 5) is 96.0.